The van der Waals surface area contributed by atoms with Gasteiger partial charge in [0.1, 0.15) is 5.41 Å². The number of hydrogen-bond donors (Lipinski definition) is 1. The first-order valence-electron chi connectivity index (χ1n) is 5.41. The number of methoxy groups -OCH3 is 1. The Morgan fingerprint density at radius 3 is 2.83 bits per heavy atom. The Bertz CT molecular complexity index is 648. The number of aliphatic carboxylic acids is 1. The van der Waals surface area contributed by atoms with Gasteiger partial charge >= 0.3 is 5.97 Å². The van der Waals surface area contributed by atoms with Gasteiger partial charge in [-0.1, -0.05) is 0 Å². The number of pyridine rings is 1. The van der Waals surface area contributed by atoms with E-state index in [2.05, 4.69) is 26.0 Å². The smallest absolute Gasteiger partial charge is 0.317 e. The third kappa shape index (κ3) is 1.43. The van der Waals surface area contributed by atoms with E-state index in [1.165, 1.54) is 11.6 Å². The minimum atomic E-state index is -0.906. The minimum Gasteiger partial charge on any atom is -0.481 e. The zero-order valence-corrected chi connectivity index (χ0v) is 11.1. The normalized spacial score (nSPS) is 16.8. The van der Waals surface area contributed by atoms with Crippen LogP contribution >= 0.6 is 15.9 Å². The highest BCUT2D eigenvalue weighted by molar-refractivity contribution is 9.10. The first-order chi connectivity index (χ1) is 8.58. The molecule has 0 aromatic carbocycles. The predicted octanol–water partition coefficient (Wildman–Crippen LogP) is 1.62. The van der Waals surface area contributed by atoms with Crippen LogP contribution in [0, 0.1) is 0 Å². The van der Waals surface area contributed by atoms with Gasteiger partial charge in [-0.25, -0.2) is 4.98 Å². The average molecular weight is 312 g/mol. The van der Waals surface area contributed by atoms with Gasteiger partial charge in [0.2, 0.25) is 5.88 Å². The van der Waals surface area contributed by atoms with Gasteiger partial charge < -0.3 is 9.84 Å². The van der Waals surface area contributed by atoms with Crippen molar-refractivity contribution < 1.29 is 14.6 Å². The number of hydrogen-bond acceptors (Lipinski definition) is 4. The van der Waals surface area contributed by atoms with Crippen molar-refractivity contribution in [1.82, 2.24) is 14.6 Å². The summed E-state index contributed by atoms with van der Waals surface area (Å²) in [5, 5.41) is 13.5. The molecule has 1 saturated carbocycles. The van der Waals surface area contributed by atoms with Crippen LogP contribution in [0.1, 0.15) is 18.7 Å². The summed E-state index contributed by atoms with van der Waals surface area (Å²) in [6.45, 7) is 0. The SMILES string of the molecule is COc1ccc(Br)c2nc(C3(C(=O)O)CC3)nn12. The Morgan fingerprint density at radius 2 is 2.28 bits per heavy atom. The summed E-state index contributed by atoms with van der Waals surface area (Å²) in [5.74, 6) is 0.00170. The lowest BCUT2D eigenvalue weighted by atomic mass is 10.1. The molecule has 2 aromatic rings. The second-order valence-electron chi connectivity index (χ2n) is 4.28. The summed E-state index contributed by atoms with van der Waals surface area (Å²) < 4.78 is 7.45. The molecular formula is C11H10BrN3O3. The first kappa shape index (κ1) is 11.5. The van der Waals surface area contributed by atoms with Crippen LogP contribution in [0.3, 0.4) is 0 Å². The second-order valence-corrected chi connectivity index (χ2v) is 5.14. The van der Waals surface area contributed by atoms with Gasteiger partial charge in [0.05, 0.1) is 11.6 Å². The van der Waals surface area contributed by atoms with Crippen LogP contribution in [0.2, 0.25) is 0 Å². The molecule has 1 N–H and O–H groups in total. The maximum Gasteiger partial charge on any atom is 0.317 e. The number of carbonyl (C=O) groups is 1. The molecule has 2 aromatic heterocycles. The number of ether oxygens (including phenoxy) is 1. The molecule has 3 rings (SSSR count). The lowest BCUT2D eigenvalue weighted by Gasteiger charge is -2.03. The highest BCUT2D eigenvalue weighted by atomic mass is 79.9. The molecule has 0 saturated heterocycles. The highest BCUT2D eigenvalue weighted by Crippen LogP contribution is 2.47. The fourth-order valence-corrected chi connectivity index (χ4v) is 2.31. The van der Waals surface area contributed by atoms with Crippen LogP contribution in [0.5, 0.6) is 5.88 Å². The Kier molecular flexibility index (Phi) is 2.34. The molecule has 18 heavy (non-hydrogen) atoms. The summed E-state index contributed by atoms with van der Waals surface area (Å²) in [6, 6.07) is 3.54. The molecule has 1 aliphatic rings. The molecule has 6 nitrogen and oxygen atoms in total. The summed E-state index contributed by atoms with van der Waals surface area (Å²) in [7, 11) is 1.54. The topological polar surface area (TPSA) is 76.7 Å². The predicted molar refractivity (Wildman–Crippen MR) is 65.8 cm³/mol. The summed E-state index contributed by atoms with van der Waals surface area (Å²) in [4.78, 5) is 15.6. The number of fused-ring (bicyclic) bond motifs is 1. The second kappa shape index (κ2) is 3.68. The summed E-state index contributed by atoms with van der Waals surface area (Å²) >= 11 is 3.37. The minimum absolute atomic E-state index is 0.347. The van der Waals surface area contributed by atoms with Gasteiger partial charge in [0.15, 0.2) is 11.5 Å². The van der Waals surface area contributed by atoms with Crippen LogP contribution in [0.15, 0.2) is 16.6 Å². The Labute approximate surface area is 111 Å². The third-order valence-electron chi connectivity index (χ3n) is 3.20. The fraction of sp³-hybridized carbons (Fsp3) is 0.364. The molecule has 7 heteroatoms. The van der Waals surface area contributed by atoms with E-state index < -0.39 is 11.4 Å². The zero-order chi connectivity index (χ0) is 12.9. The average Bonchev–Trinajstić information content (AvgIpc) is 3.04. The van der Waals surface area contributed by atoms with Crippen molar-refractivity contribution in [3.05, 3.63) is 22.4 Å². The van der Waals surface area contributed by atoms with E-state index in [1.54, 1.807) is 12.1 Å². The van der Waals surface area contributed by atoms with Crippen molar-refractivity contribution in [2.24, 2.45) is 0 Å². The van der Waals surface area contributed by atoms with E-state index in [9.17, 15) is 9.90 Å². The number of nitrogens with zero attached hydrogens (tertiary/aromatic N) is 3. The lowest BCUT2D eigenvalue weighted by molar-refractivity contribution is -0.140. The molecule has 94 valence electrons. The molecule has 0 spiro atoms. The van der Waals surface area contributed by atoms with E-state index >= 15 is 0 Å². The molecule has 0 atom stereocenters. The van der Waals surface area contributed by atoms with Crippen LogP contribution in [-0.2, 0) is 10.2 Å². The molecule has 1 aliphatic carbocycles. The van der Waals surface area contributed by atoms with E-state index in [4.69, 9.17) is 4.74 Å². The van der Waals surface area contributed by atoms with Crippen LogP contribution < -0.4 is 4.74 Å². The molecule has 0 bridgehead atoms. The van der Waals surface area contributed by atoms with Crippen molar-refractivity contribution >= 4 is 27.5 Å². The van der Waals surface area contributed by atoms with E-state index in [0.29, 0.717) is 30.2 Å². The maximum absolute atomic E-state index is 11.3. The summed E-state index contributed by atoms with van der Waals surface area (Å²) in [6.07, 6.45) is 1.16. The lowest BCUT2D eigenvalue weighted by Crippen LogP contribution is -2.21. The van der Waals surface area contributed by atoms with Gasteiger partial charge in [-0.3, -0.25) is 4.79 Å². The van der Waals surface area contributed by atoms with Gasteiger partial charge in [-0.05, 0) is 34.8 Å². The van der Waals surface area contributed by atoms with Gasteiger partial charge in [0.25, 0.3) is 0 Å². The quantitative estimate of drug-likeness (QED) is 0.932. The number of carboxylic acids is 1. The Morgan fingerprint density at radius 1 is 1.56 bits per heavy atom. The number of halogens is 1. The third-order valence-corrected chi connectivity index (χ3v) is 3.82. The van der Waals surface area contributed by atoms with Gasteiger partial charge in [0, 0.05) is 6.07 Å². The van der Waals surface area contributed by atoms with Gasteiger partial charge in [-0.2, -0.15) is 4.52 Å². The molecule has 0 amide bonds. The maximum atomic E-state index is 11.3. The van der Waals surface area contributed by atoms with E-state index in [0.717, 1.165) is 4.47 Å². The van der Waals surface area contributed by atoms with Crippen molar-refractivity contribution in [2.45, 2.75) is 18.3 Å². The standard InChI is InChI=1S/C11H10BrN3O3/c1-18-7-3-2-6(12)8-13-9(14-15(7)8)11(4-5-11)10(16)17/h2-3H,4-5H2,1H3,(H,16,17). The zero-order valence-electron chi connectivity index (χ0n) is 9.55. The van der Waals surface area contributed by atoms with Crippen molar-refractivity contribution in [3.63, 3.8) is 0 Å². The largest absolute Gasteiger partial charge is 0.481 e. The highest BCUT2D eigenvalue weighted by Gasteiger charge is 2.55. The van der Waals surface area contributed by atoms with Crippen LogP contribution in [0.25, 0.3) is 5.65 Å². The molecule has 0 unspecified atom stereocenters. The number of rotatable bonds is 3. The Balaban J connectivity index is 2.23. The molecule has 1 fully saturated rings. The van der Waals surface area contributed by atoms with Crippen LogP contribution in [-0.4, -0.2) is 32.8 Å². The molecular weight excluding hydrogens is 302 g/mol. The summed E-state index contributed by atoms with van der Waals surface area (Å²) in [5.41, 5.74) is -0.340. The molecule has 0 aliphatic heterocycles. The molecule has 0 radical (unpaired) electrons. The van der Waals surface area contributed by atoms with Crippen molar-refractivity contribution in [2.75, 3.05) is 7.11 Å². The van der Waals surface area contributed by atoms with Crippen molar-refractivity contribution in [1.29, 1.82) is 0 Å². The number of aromatic nitrogens is 3. The van der Waals surface area contributed by atoms with E-state index in [1.807, 2.05) is 0 Å². The van der Waals surface area contributed by atoms with E-state index in [-0.39, 0.29) is 0 Å². The molecule has 2 heterocycles. The first-order valence-corrected chi connectivity index (χ1v) is 6.21. The Hall–Kier alpha value is -1.63. The number of carboxylic acid groups (broad SMARTS) is 1. The fourth-order valence-electron chi connectivity index (χ4n) is 1.93. The van der Waals surface area contributed by atoms with Crippen LogP contribution in [0.4, 0.5) is 0 Å². The van der Waals surface area contributed by atoms with Crippen molar-refractivity contribution in [3.8, 4) is 5.88 Å². The van der Waals surface area contributed by atoms with Gasteiger partial charge in [-0.15, -0.1) is 5.10 Å². The monoisotopic (exact) mass is 311 g/mol.